The van der Waals surface area contributed by atoms with Crippen molar-refractivity contribution in [3.05, 3.63) is 35.4 Å². The van der Waals surface area contributed by atoms with Gasteiger partial charge in [0.2, 0.25) is 10.0 Å². The van der Waals surface area contributed by atoms with E-state index in [1.807, 2.05) is 5.32 Å². The molecule has 5 N–H and O–H groups in total. The number of benzene rings is 1. The lowest BCUT2D eigenvalue weighted by atomic mass is 10.1. The summed E-state index contributed by atoms with van der Waals surface area (Å²) in [4.78, 5) is 11.7. The van der Waals surface area contributed by atoms with E-state index in [-0.39, 0.29) is 5.56 Å². The van der Waals surface area contributed by atoms with Gasteiger partial charge in [0.05, 0.1) is 18.8 Å². The Hall–Kier alpha value is -1.58. The molecule has 1 aromatic carbocycles. The van der Waals surface area contributed by atoms with Gasteiger partial charge in [-0.3, -0.25) is 4.79 Å². The first-order valence-corrected chi connectivity index (χ1v) is 7.30. The van der Waals surface area contributed by atoms with Crippen LogP contribution in [0.2, 0.25) is 0 Å². The molecule has 1 amide bonds. The summed E-state index contributed by atoms with van der Waals surface area (Å²) in [7, 11) is -3.73. The van der Waals surface area contributed by atoms with Crippen molar-refractivity contribution in [2.75, 3.05) is 13.1 Å². The van der Waals surface area contributed by atoms with Crippen LogP contribution in [0.15, 0.2) is 24.3 Å². The molecule has 0 aliphatic heterocycles. The molecule has 0 fully saturated rings. The van der Waals surface area contributed by atoms with Crippen LogP contribution >= 0.6 is 0 Å². The van der Waals surface area contributed by atoms with Crippen LogP contribution in [0.4, 0.5) is 8.78 Å². The molecule has 0 aliphatic carbocycles. The van der Waals surface area contributed by atoms with Gasteiger partial charge in [-0.25, -0.2) is 22.3 Å². The fourth-order valence-corrected chi connectivity index (χ4v) is 2.06. The summed E-state index contributed by atoms with van der Waals surface area (Å²) >= 11 is 0. The molecule has 1 aromatic rings. The average Bonchev–Trinajstić information content (AvgIpc) is 2.34. The maximum Gasteiger partial charge on any atom is 0.277 e. The lowest BCUT2D eigenvalue weighted by molar-refractivity contribution is 0.0118. The Morgan fingerprint density at radius 1 is 1.35 bits per heavy atom. The Morgan fingerprint density at radius 2 is 2.00 bits per heavy atom. The Kier molecular flexibility index (Phi) is 5.15. The van der Waals surface area contributed by atoms with Crippen LogP contribution in [0.3, 0.4) is 0 Å². The highest BCUT2D eigenvalue weighted by molar-refractivity contribution is 7.88. The van der Waals surface area contributed by atoms with Gasteiger partial charge in [-0.2, -0.15) is 0 Å². The number of hydrogen-bond acceptors (Lipinski definition) is 4. The van der Waals surface area contributed by atoms with Crippen molar-refractivity contribution in [2.45, 2.75) is 11.7 Å². The third-order valence-corrected chi connectivity index (χ3v) is 3.10. The fraction of sp³-hybridized carbons (Fsp3) is 0.364. The summed E-state index contributed by atoms with van der Waals surface area (Å²) in [5, 5.41) is 6.92. The van der Waals surface area contributed by atoms with Crippen molar-refractivity contribution in [3.63, 3.8) is 0 Å². The first-order chi connectivity index (χ1) is 9.13. The fourth-order valence-electron chi connectivity index (χ4n) is 1.42. The van der Waals surface area contributed by atoms with Crippen molar-refractivity contribution in [3.8, 4) is 0 Å². The SMILES string of the molecule is NCC(F)(F)CNC(=O)c1cccc(CS(N)(=O)=O)c1. The van der Waals surface area contributed by atoms with Crippen molar-refractivity contribution < 1.29 is 22.0 Å². The van der Waals surface area contributed by atoms with E-state index >= 15 is 0 Å². The minimum atomic E-state index is -3.73. The van der Waals surface area contributed by atoms with E-state index in [1.165, 1.54) is 24.3 Å². The summed E-state index contributed by atoms with van der Waals surface area (Å²) in [5.41, 5.74) is 5.21. The van der Waals surface area contributed by atoms with Crippen molar-refractivity contribution in [2.24, 2.45) is 10.9 Å². The van der Waals surface area contributed by atoms with Gasteiger partial charge in [0, 0.05) is 5.56 Å². The molecule has 1 rings (SSSR count). The number of amides is 1. The maximum atomic E-state index is 12.9. The molecule has 20 heavy (non-hydrogen) atoms. The van der Waals surface area contributed by atoms with Gasteiger partial charge in [-0.15, -0.1) is 0 Å². The third-order valence-electron chi connectivity index (χ3n) is 2.36. The zero-order chi connectivity index (χ0) is 15.4. The van der Waals surface area contributed by atoms with Gasteiger partial charge in [-0.05, 0) is 17.7 Å². The lowest BCUT2D eigenvalue weighted by Crippen LogP contribution is -2.41. The Morgan fingerprint density at radius 3 is 2.55 bits per heavy atom. The van der Waals surface area contributed by atoms with Crippen LogP contribution in [0.5, 0.6) is 0 Å². The quantitative estimate of drug-likeness (QED) is 0.675. The summed E-state index contributed by atoms with van der Waals surface area (Å²) in [6.07, 6.45) is 0. The number of primary sulfonamides is 1. The third kappa shape index (κ3) is 5.59. The smallest absolute Gasteiger partial charge is 0.277 e. The molecule has 0 aliphatic rings. The van der Waals surface area contributed by atoms with E-state index in [0.717, 1.165) is 0 Å². The number of carbonyl (C=O) groups is 1. The zero-order valence-corrected chi connectivity index (χ0v) is 11.3. The topological polar surface area (TPSA) is 115 Å². The zero-order valence-electron chi connectivity index (χ0n) is 10.5. The van der Waals surface area contributed by atoms with E-state index in [1.54, 1.807) is 0 Å². The first-order valence-electron chi connectivity index (χ1n) is 5.58. The molecule has 9 heteroatoms. The summed E-state index contributed by atoms with van der Waals surface area (Å²) < 4.78 is 47.7. The van der Waals surface area contributed by atoms with Gasteiger partial charge in [0.25, 0.3) is 11.8 Å². The molecule has 6 nitrogen and oxygen atoms in total. The summed E-state index contributed by atoms with van der Waals surface area (Å²) in [6.45, 7) is -1.76. The second-order valence-electron chi connectivity index (χ2n) is 4.25. The average molecular weight is 307 g/mol. The minimum Gasteiger partial charge on any atom is -0.346 e. The van der Waals surface area contributed by atoms with E-state index in [4.69, 9.17) is 10.9 Å². The molecule has 0 heterocycles. The number of nitrogens with one attached hydrogen (secondary N) is 1. The molecule has 0 bridgehead atoms. The molecular formula is C11H15F2N3O3S. The number of sulfonamides is 1. The Balaban J connectivity index is 2.77. The highest BCUT2D eigenvalue weighted by Crippen LogP contribution is 2.11. The molecule has 0 unspecified atom stereocenters. The van der Waals surface area contributed by atoms with Crippen molar-refractivity contribution in [1.82, 2.24) is 5.32 Å². The predicted octanol–water partition coefficient (Wildman–Crippen LogP) is -0.201. The summed E-state index contributed by atoms with van der Waals surface area (Å²) in [6, 6.07) is 5.56. The molecule has 112 valence electrons. The normalized spacial score (nSPS) is 12.2. The van der Waals surface area contributed by atoms with E-state index < -0.39 is 40.7 Å². The van der Waals surface area contributed by atoms with Crippen LogP contribution in [0, 0.1) is 0 Å². The van der Waals surface area contributed by atoms with Gasteiger partial charge < -0.3 is 11.1 Å². The second kappa shape index (κ2) is 6.25. The van der Waals surface area contributed by atoms with Gasteiger partial charge in [0.15, 0.2) is 0 Å². The first kappa shape index (κ1) is 16.5. The lowest BCUT2D eigenvalue weighted by Gasteiger charge is -2.14. The molecule has 0 saturated carbocycles. The number of rotatable bonds is 6. The van der Waals surface area contributed by atoms with Gasteiger partial charge >= 0.3 is 0 Å². The van der Waals surface area contributed by atoms with Crippen LogP contribution in [0.1, 0.15) is 15.9 Å². The minimum absolute atomic E-state index is 0.0685. The van der Waals surface area contributed by atoms with Crippen LogP contribution in [-0.4, -0.2) is 33.3 Å². The predicted molar refractivity (Wildman–Crippen MR) is 69.6 cm³/mol. The highest BCUT2D eigenvalue weighted by Gasteiger charge is 2.27. The van der Waals surface area contributed by atoms with Crippen molar-refractivity contribution in [1.29, 1.82) is 0 Å². The number of halogens is 2. The number of carbonyl (C=O) groups excluding carboxylic acids is 1. The molecule has 0 spiro atoms. The Labute approximate surface area is 115 Å². The van der Waals surface area contributed by atoms with E-state index in [9.17, 15) is 22.0 Å². The number of hydrogen-bond donors (Lipinski definition) is 3. The Bertz CT molecular complexity index is 590. The van der Waals surface area contributed by atoms with Crippen molar-refractivity contribution >= 4 is 15.9 Å². The van der Waals surface area contributed by atoms with E-state index in [0.29, 0.717) is 5.56 Å². The summed E-state index contributed by atoms with van der Waals surface area (Å²) in [5.74, 6) is -4.37. The molecule has 0 saturated heterocycles. The van der Waals surface area contributed by atoms with Crippen LogP contribution in [0.25, 0.3) is 0 Å². The monoisotopic (exact) mass is 307 g/mol. The highest BCUT2D eigenvalue weighted by atomic mass is 32.2. The number of alkyl halides is 2. The van der Waals surface area contributed by atoms with E-state index in [2.05, 4.69) is 0 Å². The molecule has 0 aromatic heterocycles. The van der Waals surface area contributed by atoms with Gasteiger partial charge in [-0.1, -0.05) is 12.1 Å². The van der Waals surface area contributed by atoms with Gasteiger partial charge in [0.1, 0.15) is 0 Å². The molecular weight excluding hydrogens is 292 g/mol. The maximum absolute atomic E-state index is 12.9. The standard InChI is InChI=1S/C11H15F2N3O3S/c12-11(13,6-14)7-16-10(17)9-3-1-2-8(4-9)5-20(15,18)19/h1-4H,5-7,14H2,(H,16,17)(H2,15,18,19). The largest absolute Gasteiger partial charge is 0.346 e. The number of nitrogens with two attached hydrogens (primary N) is 2. The molecule has 0 atom stereocenters. The second-order valence-corrected chi connectivity index (χ2v) is 5.86. The van der Waals surface area contributed by atoms with Crippen LogP contribution < -0.4 is 16.2 Å². The van der Waals surface area contributed by atoms with Crippen LogP contribution in [-0.2, 0) is 15.8 Å². The molecule has 0 radical (unpaired) electrons.